The Kier molecular flexibility index (Phi) is 10.5. The van der Waals surface area contributed by atoms with Crippen molar-refractivity contribution in [1.29, 1.82) is 0 Å². The van der Waals surface area contributed by atoms with Crippen molar-refractivity contribution in [2.75, 3.05) is 0 Å². The molecule has 1 aromatic carbocycles. The first-order valence-electron chi connectivity index (χ1n) is 8.58. The van der Waals surface area contributed by atoms with Crippen LogP contribution in [-0.2, 0) is 4.79 Å². The summed E-state index contributed by atoms with van der Waals surface area (Å²) in [5.41, 5.74) is 0. The largest absolute Gasteiger partial charge is 0.427 e. The van der Waals surface area contributed by atoms with Crippen molar-refractivity contribution in [1.82, 2.24) is 0 Å². The Hall–Kier alpha value is -1.31. The van der Waals surface area contributed by atoms with Gasteiger partial charge in [-0.15, -0.1) is 0 Å². The van der Waals surface area contributed by atoms with Crippen molar-refractivity contribution < 1.29 is 9.53 Å². The number of hydrogen-bond acceptors (Lipinski definition) is 2. The van der Waals surface area contributed by atoms with E-state index in [-0.39, 0.29) is 5.97 Å². The Morgan fingerprint density at radius 3 is 1.90 bits per heavy atom. The van der Waals surface area contributed by atoms with Gasteiger partial charge in [0, 0.05) is 6.42 Å². The van der Waals surface area contributed by atoms with Crippen LogP contribution < -0.4 is 4.74 Å². The molecular weight excluding hydrogens is 260 g/mol. The van der Waals surface area contributed by atoms with Crippen LogP contribution in [0.5, 0.6) is 5.75 Å². The number of carbonyl (C=O) groups is 1. The zero-order valence-corrected chi connectivity index (χ0v) is 13.5. The lowest BCUT2D eigenvalue weighted by Crippen LogP contribution is -2.07. The Morgan fingerprint density at radius 1 is 0.810 bits per heavy atom. The number of ether oxygens (including phenoxy) is 1. The number of unbranched alkanes of at least 4 members (excludes halogenated alkanes) is 9. The lowest BCUT2D eigenvalue weighted by Gasteiger charge is -2.04. The molecule has 118 valence electrons. The molecule has 0 unspecified atom stereocenters. The van der Waals surface area contributed by atoms with Crippen LogP contribution in [0, 0.1) is 0 Å². The Morgan fingerprint density at radius 2 is 1.33 bits per heavy atom. The number of esters is 1. The van der Waals surface area contributed by atoms with E-state index in [1.807, 2.05) is 30.3 Å². The van der Waals surface area contributed by atoms with Crippen molar-refractivity contribution >= 4 is 5.97 Å². The molecule has 0 amide bonds. The molecule has 0 radical (unpaired) electrons. The van der Waals surface area contributed by atoms with Gasteiger partial charge >= 0.3 is 5.97 Å². The minimum absolute atomic E-state index is 0.110. The van der Waals surface area contributed by atoms with Crippen LogP contribution in [0.3, 0.4) is 0 Å². The molecule has 0 saturated heterocycles. The number of para-hydroxylation sites is 1. The molecule has 21 heavy (non-hydrogen) atoms. The standard InChI is InChI=1S/C19H30O2/c1-2-3-4-5-6-7-8-9-10-14-17-19(20)21-18-15-12-11-13-16-18/h11-13,15-16H,2-10,14,17H2,1H3. The van der Waals surface area contributed by atoms with Crippen LogP contribution in [0.1, 0.15) is 77.6 Å². The van der Waals surface area contributed by atoms with Crippen LogP contribution in [0.25, 0.3) is 0 Å². The average molecular weight is 290 g/mol. The molecule has 0 aliphatic heterocycles. The van der Waals surface area contributed by atoms with Gasteiger partial charge in [-0.3, -0.25) is 4.79 Å². The van der Waals surface area contributed by atoms with E-state index in [9.17, 15) is 4.79 Å². The van der Waals surface area contributed by atoms with Gasteiger partial charge in [0.25, 0.3) is 0 Å². The highest BCUT2D eigenvalue weighted by molar-refractivity contribution is 5.72. The van der Waals surface area contributed by atoms with E-state index in [1.165, 1.54) is 51.4 Å². The Balaban J connectivity index is 1.89. The fraction of sp³-hybridized carbons (Fsp3) is 0.632. The zero-order chi connectivity index (χ0) is 15.2. The fourth-order valence-corrected chi connectivity index (χ4v) is 2.43. The summed E-state index contributed by atoms with van der Waals surface area (Å²) in [4.78, 5) is 11.6. The fourth-order valence-electron chi connectivity index (χ4n) is 2.43. The normalized spacial score (nSPS) is 10.5. The van der Waals surface area contributed by atoms with Crippen LogP contribution in [-0.4, -0.2) is 5.97 Å². The molecule has 0 N–H and O–H groups in total. The smallest absolute Gasteiger partial charge is 0.311 e. The van der Waals surface area contributed by atoms with Crippen molar-refractivity contribution in [3.63, 3.8) is 0 Å². The van der Waals surface area contributed by atoms with Gasteiger partial charge in [0.15, 0.2) is 0 Å². The first-order valence-corrected chi connectivity index (χ1v) is 8.58. The average Bonchev–Trinajstić information content (AvgIpc) is 2.50. The van der Waals surface area contributed by atoms with Crippen molar-refractivity contribution in [3.05, 3.63) is 30.3 Å². The first-order chi connectivity index (χ1) is 10.3. The molecule has 0 heterocycles. The topological polar surface area (TPSA) is 26.3 Å². The third kappa shape index (κ3) is 10.1. The van der Waals surface area contributed by atoms with E-state index in [0.29, 0.717) is 12.2 Å². The molecule has 2 heteroatoms. The Bertz CT molecular complexity index is 359. The van der Waals surface area contributed by atoms with E-state index in [1.54, 1.807) is 0 Å². The summed E-state index contributed by atoms with van der Waals surface area (Å²) in [7, 11) is 0. The summed E-state index contributed by atoms with van der Waals surface area (Å²) in [5, 5.41) is 0. The summed E-state index contributed by atoms with van der Waals surface area (Å²) in [6.07, 6.45) is 13.4. The number of carbonyl (C=O) groups excluding carboxylic acids is 1. The summed E-state index contributed by atoms with van der Waals surface area (Å²) in [6, 6.07) is 9.30. The lowest BCUT2D eigenvalue weighted by molar-refractivity contribution is -0.134. The van der Waals surface area contributed by atoms with E-state index >= 15 is 0 Å². The van der Waals surface area contributed by atoms with Crippen molar-refractivity contribution in [2.24, 2.45) is 0 Å². The maximum atomic E-state index is 11.6. The maximum Gasteiger partial charge on any atom is 0.311 e. The van der Waals surface area contributed by atoms with Gasteiger partial charge in [-0.25, -0.2) is 0 Å². The molecular formula is C19H30O2. The number of benzene rings is 1. The van der Waals surface area contributed by atoms with Crippen LogP contribution in [0.2, 0.25) is 0 Å². The minimum Gasteiger partial charge on any atom is -0.427 e. The molecule has 1 aromatic rings. The molecule has 0 atom stereocenters. The number of rotatable bonds is 12. The van der Waals surface area contributed by atoms with Gasteiger partial charge in [0.2, 0.25) is 0 Å². The summed E-state index contributed by atoms with van der Waals surface area (Å²) < 4.78 is 5.26. The van der Waals surface area contributed by atoms with Crippen LogP contribution in [0.4, 0.5) is 0 Å². The second-order valence-electron chi connectivity index (χ2n) is 5.72. The highest BCUT2D eigenvalue weighted by Crippen LogP contribution is 2.13. The molecule has 1 rings (SSSR count). The van der Waals surface area contributed by atoms with Crippen molar-refractivity contribution in [2.45, 2.75) is 77.6 Å². The van der Waals surface area contributed by atoms with Gasteiger partial charge in [0.05, 0.1) is 0 Å². The molecule has 0 spiro atoms. The SMILES string of the molecule is CCCCCCCCCCCCC(=O)Oc1ccccc1. The summed E-state index contributed by atoms with van der Waals surface area (Å²) in [5.74, 6) is 0.537. The third-order valence-corrected chi connectivity index (χ3v) is 3.71. The maximum absolute atomic E-state index is 11.6. The second kappa shape index (κ2) is 12.4. The predicted molar refractivity (Wildman–Crippen MR) is 88.5 cm³/mol. The van der Waals surface area contributed by atoms with Crippen molar-refractivity contribution in [3.8, 4) is 5.75 Å². The molecule has 0 bridgehead atoms. The molecule has 0 fully saturated rings. The monoisotopic (exact) mass is 290 g/mol. The highest BCUT2D eigenvalue weighted by atomic mass is 16.5. The van der Waals surface area contributed by atoms with E-state index in [4.69, 9.17) is 4.74 Å². The molecule has 0 aliphatic rings. The summed E-state index contributed by atoms with van der Waals surface area (Å²) in [6.45, 7) is 2.25. The van der Waals surface area contributed by atoms with Gasteiger partial charge in [-0.05, 0) is 18.6 Å². The molecule has 2 nitrogen and oxygen atoms in total. The molecule has 0 aromatic heterocycles. The number of hydrogen-bond donors (Lipinski definition) is 0. The highest BCUT2D eigenvalue weighted by Gasteiger charge is 2.03. The van der Waals surface area contributed by atoms with Crippen LogP contribution in [0.15, 0.2) is 30.3 Å². The molecule has 0 saturated carbocycles. The van der Waals surface area contributed by atoms with Gasteiger partial charge in [-0.2, -0.15) is 0 Å². The van der Waals surface area contributed by atoms with Gasteiger partial charge < -0.3 is 4.74 Å². The zero-order valence-electron chi connectivity index (χ0n) is 13.5. The third-order valence-electron chi connectivity index (χ3n) is 3.71. The second-order valence-corrected chi connectivity index (χ2v) is 5.72. The van der Waals surface area contributed by atoms with Crippen LogP contribution >= 0.6 is 0 Å². The first kappa shape index (κ1) is 17.7. The van der Waals surface area contributed by atoms with E-state index in [2.05, 4.69) is 6.92 Å². The van der Waals surface area contributed by atoms with E-state index in [0.717, 1.165) is 12.8 Å². The predicted octanol–water partition coefficient (Wildman–Crippen LogP) is 5.90. The molecule has 0 aliphatic carbocycles. The van der Waals surface area contributed by atoms with Gasteiger partial charge in [0.1, 0.15) is 5.75 Å². The lowest BCUT2D eigenvalue weighted by atomic mass is 10.1. The van der Waals surface area contributed by atoms with Gasteiger partial charge in [-0.1, -0.05) is 82.9 Å². The quantitative estimate of drug-likeness (QED) is 0.272. The Labute approximate surface area is 129 Å². The summed E-state index contributed by atoms with van der Waals surface area (Å²) >= 11 is 0. The minimum atomic E-state index is -0.110. The van der Waals surface area contributed by atoms with E-state index < -0.39 is 0 Å².